The Bertz CT molecular complexity index is 386. The molecular weight excluding hydrogens is 244 g/mol. The highest BCUT2D eigenvalue weighted by atomic mass is 32.2. The number of aliphatic carboxylic acids is 1. The van der Waals surface area contributed by atoms with Crippen LogP contribution < -0.4 is 4.72 Å². The molecule has 0 aliphatic carbocycles. The molecule has 0 aliphatic heterocycles. The smallest absolute Gasteiger partial charge is 0.304 e. The van der Waals surface area contributed by atoms with Crippen molar-refractivity contribution in [2.75, 3.05) is 0 Å². The third-order valence-electron chi connectivity index (χ3n) is 2.28. The number of nitrogens with zero attached hydrogens (tertiary/aromatic N) is 1. The molecule has 98 valence electrons. The van der Waals surface area contributed by atoms with Crippen LogP contribution in [-0.4, -0.2) is 30.8 Å². The number of hydrogen-bond donors (Lipinski definition) is 2. The van der Waals surface area contributed by atoms with Crippen molar-refractivity contribution in [2.24, 2.45) is 0 Å². The van der Waals surface area contributed by atoms with E-state index in [9.17, 15) is 13.2 Å². The van der Waals surface area contributed by atoms with E-state index in [4.69, 9.17) is 10.4 Å². The molecule has 0 radical (unpaired) electrons. The van der Waals surface area contributed by atoms with Crippen molar-refractivity contribution >= 4 is 16.0 Å². The molecule has 0 saturated heterocycles. The first kappa shape index (κ1) is 15.9. The van der Waals surface area contributed by atoms with Gasteiger partial charge in [-0.2, -0.15) is 5.26 Å². The summed E-state index contributed by atoms with van der Waals surface area (Å²) in [5, 5.41) is 16.2. The molecule has 2 unspecified atom stereocenters. The SMILES string of the molecule is CCCC(CC(=O)O)NS(=O)(=O)C(C#N)CC. The lowest BCUT2D eigenvalue weighted by Gasteiger charge is -2.18. The summed E-state index contributed by atoms with van der Waals surface area (Å²) in [4.78, 5) is 10.6. The van der Waals surface area contributed by atoms with E-state index in [1.54, 1.807) is 13.0 Å². The molecule has 0 saturated carbocycles. The van der Waals surface area contributed by atoms with Crippen LogP contribution in [0.5, 0.6) is 0 Å². The Morgan fingerprint density at radius 3 is 2.41 bits per heavy atom. The molecule has 0 aromatic carbocycles. The molecule has 2 N–H and O–H groups in total. The summed E-state index contributed by atoms with van der Waals surface area (Å²) in [6.07, 6.45) is 1.02. The fourth-order valence-corrected chi connectivity index (χ4v) is 2.86. The van der Waals surface area contributed by atoms with Gasteiger partial charge in [-0.15, -0.1) is 0 Å². The lowest BCUT2D eigenvalue weighted by atomic mass is 10.1. The van der Waals surface area contributed by atoms with Crippen LogP contribution in [0.4, 0.5) is 0 Å². The van der Waals surface area contributed by atoms with E-state index in [2.05, 4.69) is 4.72 Å². The summed E-state index contributed by atoms with van der Waals surface area (Å²) in [5.41, 5.74) is 0. The van der Waals surface area contributed by atoms with Crippen molar-refractivity contribution in [1.82, 2.24) is 4.72 Å². The Morgan fingerprint density at radius 2 is 2.06 bits per heavy atom. The van der Waals surface area contributed by atoms with E-state index in [1.807, 2.05) is 6.92 Å². The van der Waals surface area contributed by atoms with Crippen LogP contribution in [0.1, 0.15) is 39.5 Å². The zero-order chi connectivity index (χ0) is 13.5. The van der Waals surface area contributed by atoms with E-state index in [0.29, 0.717) is 12.8 Å². The van der Waals surface area contributed by atoms with Gasteiger partial charge in [-0.3, -0.25) is 4.79 Å². The largest absolute Gasteiger partial charge is 0.481 e. The number of carboxylic acids is 1. The van der Waals surface area contributed by atoms with Gasteiger partial charge in [0.15, 0.2) is 5.25 Å². The molecule has 2 atom stereocenters. The topological polar surface area (TPSA) is 107 Å². The number of carbonyl (C=O) groups is 1. The van der Waals surface area contributed by atoms with Gasteiger partial charge in [0.2, 0.25) is 10.0 Å². The molecule has 0 rings (SSSR count). The standard InChI is InChI=1S/C10H18N2O4S/c1-3-5-8(6-10(13)14)12-17(15,16)9(4-2)7-11/h8-9,12H,3-6H2,1-2H3,(H,13,14). The number of carboxylic acid groups (broad SMARTS) is 1. The summed E-state index contributed by atoms with van der Waals surface area (Å²) in [6.45, 7) is 3.43. The Labute approximate surface area is 102 Å². The number of hydrogen-bond acceptors (Lipinski definition) is 4. The average molecular weight is 262 g/mol. The minimum absolute atomic E-state index is 0.178. The van der Waals surface area contributed by atoms with Crippen LogP contribution in [-0.2, 0) is 14.8 Å². The molecular formula is C10H18N2O4S. The van der Waals surface area contributed by atoms with Crippen molar-refractivity contribution in [3.63, 3.8) is 0 Å². The first-order chi connectivity index (χ1) is 7.87. The molecule has 0 heterocycles. The maximum atomic E-state index is 11.7. The van der Waals surface area contributed by atoms with E-state index < -0.39 is 27.3 Å². The van der Waals surface area contributed by atoms with Gasteiger partial charge in [-0.05, 0) is 12.8 Å². The van der Waals surface area contributed by atoms with E-state index in [1.165, 1.54) is 0 Å². The zero-order valence-corrected chi connectivity index (χ0v) is 10.8. The minimum atomic E-state index is -3.76. The predicted molar refractivity (Wildman–Crippen MR) is 62.7 cm³/mol. The second-order valence-corrected chi connectivity index (χ2v) is 5.67. The monoisotopic (exact) mass is 262 g/mol. The minimum Gasteiger partial charge on any atom is -0.481 e. The van der Waals surface area contributed by atoms with Crippen molar-refractivity contribution in [3.05, 3.63) is 0 Å². The Kier molecular flexibility index (Phi) is 6.76. The zero-order valence-electron chi connectivity index (χ0n) is 10.0. The van der Waals surface area contributed by atoms with Gasteiger partial charge in [-0.1, -0.05) is 20.3 Å². The van der Waals surface area contributed by atoms with Gasteiger partial charge in [0, 0.05) is 6.04 Å². The van der Waals surface area contributed by atoms with Crippen molar-refractivity contribution in [2.45, 2.75) is 50.8 Å². The first-order valence-corrected chi connectivity index (χ1v) is 7.04. The number of nitriles is 1. The van der Waals surface area contributed by atoms with Gasteiger partial charge in [0.05, 0.1) is 12.5 Å². The summed E-state index contributed by atoms with van der Waals surface area (Å²) in [7, 11) is -3.76. The third kappa shape index (κ3) is 5.65. The maximum Gasteiger partial charge on any atom is 0.304 e. The van der Waals surface area contributed by atoms with E-state index in [0.717, 1.165) is 0 Å². The highest BCUT2D eigenvalue weighted by Crippen LogP contribution is 2.09. The molecule has 0 aromatic rings. The highest BCUT2D eigenvalue weighted by molar-refractivity contribution is 7.90. The Hall–Kier alpha value is -1.13. The normalized spacial score (nSPS) is 14.9. The lowest BCUT2D eigenvalue weighted by molar-refractivity contribution is -0.137. The quantitative estimate of drug-likeness (QED) is 0.674. The summed E-state index contributed by atoms with van der Waals surface area (Å²) < 4.78 is 25.8. The molecule has 0 aliphatic rings. The van der Waals surface area contributed by atoms with Crippen LogP contribution in [0.25, 0.3) is 0 Å². The number of rotatable bonds is 8. The molecule has 0 spiro atoms. The van der Waals surface area contributed by atoms with Crippen molar-refractivity contribution in [1.29, 1.82) is 5.26 Å². The number of nitrogens with one attached hydrogen (secondary N) is 1. The fraction of sp³-hybridized carbons (Fsp3) is 0.800. The predicted octanol–water partition coefficient (Wildman–Crippen LogP) is 0.851. The van der Waals surface area contributed by atoms with Gasteiger partial charge in [0.1, 0.15) is 0 Å². The van der Waals surface area contributed by atoms with E-state index in [-0.39, 0.29) is 12.8 Å². The lowest BCUT2D eigenvalue weighted by Crippen LogP contribution is -2.41. The van der Waals surface area contributed by atoms with Gasteiger partial charge in [0.25, 0.3) is 0 Å². The van der Waals surface area contributed by atoms with Crippen LogP contribution in [0.3, 0.4) is 0 Å². The average Bonchev–Trinajstić information content (AvgIpc) is 2.17. The Morgan fingerprint density at radius 1 is 1.47 bits per heavy atom. The van der Waals surface area contributed by atoms with Gasteiger partial charge in [-0.25, -0.2) is 13.1 Å². The Balaban J connectivity index is 4.74. The van der Waals surface area contributed by atoms with Crippen molar-refractivity contribution < 1.29 is 18.3 Å². The van der Waals surface area contributed by atoms with E-state index >= 15 is 0 Å². The summed E-state index contributed by atoms with van der Waals surface area (Å²) in [5.74, 6) is -1.06. The molecule has 0 bridgehead atoms. The second kappa shape index (κ2) is 7.25. The van der Waals surface area contributed by atoms with Gasteiger partial charge < -0.3 is 5.11 Å². The maximum absolute atomic E-state index is 11.7. The third-order valence-corrected chi connectivity index (χ3v) is 4.13. The number of sulfonamides is 1. The molecule has 0 fully saturated rings. The first-order valence-electron chi connectivity index (χ1n) is 5.49. The molecule has 0 amide bonds. The summed E-state index contributed by atoms with van der Waals surface area (Å²) in [6, 6.07) is 1.05. The van der Waals surface area contributed by atoms with Crippen LogP contribution in [0, 0.1) is 11.3 Å². The van der Waals surface area contributed by atoms with Crippen molar-refractivity contribution in [3.8, 4) is 6.07 Å². The highest BCUT2D eigenvalue weighted by Gasteiger charge is 2.27. The molecule has 0 aromatic heterocycles. The fourth-order valence-electron chi connectivity index (χ4n) is 1.46. The van der Waals surface area contributed by atoms with Crippen LogP contribution in [0.15, 0.2) is 0 Å². The second-order valence-electron chi connectivity index (χ2n) is 3.77. The molecule has 6 nitrogen and oxygen atoms in total. The summed E-state index contributed by atoms with van der Waals surface area (Å²) >= 11 is 0. The molecule has 7 heteroatoms. The van der Waals surface area contributed by atoms with Gasteiger partial charge >= 0.3 is 5.97 Å². The van der Waals surface area contributed by atoms with Crippen LogP contribution >= 0.6 is 0 Å². The van der Waals surface area contributed by atoms with Crippen LogP contribution in [0.2, 0.25) is 0 Å². The molecule has 17 heavy (non-hydrogen) atoms.